The van der Waals surface area contributed by atoms with Crippen molar-refractivity contribution in [1.82, 2.24) is 10.1 Å². The van der Waals surface area contributed by atoms with E-state index in [-0.39, 0.29) is 0 Å². The van der Waals surface area contributed by atoms with E-state index in [2.05, 4.69) is 21.0 Å². The number of nitrogens with zero attached hydrogens (tertiary/aromatic N) is 3. The molecule has 2 saturated heterocycles. The van der Waals surface area contributed by atoms with Crippen LogP contribution >= 0.6 is 0 Å². The first kappa shape index (κ1) is 13.1. The van der Waals surface area contributed by atoms with Crippen LogP contribution in [0.15, 0.2) is 28.8 Å². The summed E-state index contributed by atoms with van der Waals surface area (Å²) in [5.74, 6) is 1.69. The van der Waals surface area contributed by atoms with Crippen molar-refractivity contribution in [2.24, 2.45) is 11.7 Å². The molecule has 2 N–H and O–H groups in total. The Morgan fingerprint density at radius 1 is 1.19 bits per heavy atom. The average Bonchev–Trinajstić information content (AvgIpc) is 2.98. The van der Waals surface area contributed by atoms with Crippen LogP contribution in [0.5, 0.6) is 0 Å². The molecular weight excluding hydrogens is 264 g/mol. The zero-order valence-electron chi connectivity index (χ0n) is 12.2. The van der Waals surface area contributed by atoms with Crippen molar-refractivity contribution in [3.8, 4) is 0 Å². The van der Waals surface area contributed by atoms with Gasteiger partial charge in [-0.1, -0.05) is 17.3 Å². The molecule has 5 nitrogen and oxygen atoms in total. The van der Waals surface area contributed by atoms with Crippen molar-refractivity contribution in [3.63, 3.8) is 0 Å². The molecule has 21 heavy (non-hydrogen) atoms. The second-order valence-corrected chi connectivity index (χ2v) is 6.28. The van der Waals surface area contributed by atoms with E-state index in [0.717, 1.165) is 49.5 Å². The molecule has 0 saturated carbocycles. The number of benzene rings is 1. The minimum atomic E-state index is 0.636. The third-order valence-electron chi connectivity index (χ3n) is 5.00. The summed E-state index contributed by atoms with van der Waals surface area (Å²) in [6.07, 6.45) is 2.50. The number of hydrogen-bond donors (Lipinski definition) is 1. The summed E-state index contributed by atoms with van der Waals surface area (Å²) in [7, 11) is 0. The maximum absolute atomic E-state index is 5.83. The van der Waals surface area contributed by atoms with Gasteiger partial charge in [-0.3, -0.25) is 4.90 Å². The van der Waals surface area contributed by atoms with Crippen LogP contribution in [0.25, 0.3) is 11.0 Å². The molecule has 0 aliphatic carbocycles. The van der Waals surface area contributed by atoms with Gasteiger partial charge in [-0.15, -0.1) is 0 Å². The number of aromatic nitrogens is 1. The quantitative estimate of drug-likeness (QED) is 0.910. The Balaban J connectivity index is 1.54. The van der Waals surface area contributed by atoms with Gasteiger partial charge in [-0.05, 0) is 37.4 Å². The molecule has 0 bridgehead atoms. The van der Waals surface area contributed by atoms with Crippen LogP contribution in [0.1, 0.15) is 12.8 Å². The summed E-state index contributed by atoms with van der Waals surface area (Å²) in [5, 5.41) is 5.43. The Hall–Kier alpha value is -1.59. The van der Waals surface area contributed by atoms with E-state index in [9.17, 15) is 0 Å². The maximum atomic E-state index is 5.83. The highest BCUT2D eigenvalue weighted by molar-refractivity contribution is 5.88. The maximum Gasteiger partial charge on any atom is 0.180 e. The van der Waals surface area contributed by atoms with Crippen molar-refractivity contribution < 1.29 is 4.52 Å². The van der Waals surface area contributed by atoms with Gasteiger partial charge in [-0.25, -0.2) is 0 Å². The summed E-state index contributed by atoms with van der Waals surface area (Å²) in [6.45, 7) is 5.15. The first-order valence-corrected chi connectivity index (χ1v) is 7.88. The van der Waals surface area contributed by atoms with E-state index in [0.29, 0.717) is 12.0 Å². The zero-order valence-corrected chi connectivity index (χ0v) is 12.2. The van der Waals surface area contributed by atoms with Gasteiger partial charge >= 0.3 is 0 Å². The Labute approximate surface area is 124 Å². The number of piperazine rings is 1. The fourth-order valence-corrected chi connectivity index (χ4v) is 3.74. The highest BCUT2D eigenvalue weighted by Gasteiger charge is 2.33. The Morgan fingerprint density at radius 3 is 3.00 bits per heavy atom. The molecule has 112 valence electrons. The van der Waals surface area contributed by atoms with Gasteiger partial charge in [-0.2, -0.15) is 0 Å². The van der Waals surface area contributed by atoms with Crippen LogP contribution in [0.2, 0.25) is 0 Å². The highest BCUT2D eigenvalue weighted by atomic mass is 16.5. The van der Waals surface area contributed by atoms with E-state index in [1.165, 1.54) is 12.8 Å². The molecule has 2 atom stereocenters. The topological polar surface area (TPSA) is 58.5 Å². The van der Waals surface area contributed by atoms with Gasteiger partial charge in [0.25, 0.3) is 0 Å². The molecule has 1 aromatic carbocycles. The van der Waals surface area contributed by atoms with Crippen LogP contribution in [0.3, 0.4) is 0 Å². The monoisotopic (exact) mass is 286 g/mol. The van der Waals surface area contributed by atoms with E-state index < -0.39 is 0 Å². The summed E-state index contributed by atoms with van der Waals surface area (Å²) in [5.41, 5.74) is 6.71. The first-order chi connectivity index (χ1) is 10.3. The van der Waals surface area contributed by atoms with E-state index in [1.807, 2.05) is 18.2 Å². The summed E-state index contributed by atoms with van der Waals surface area (Å²) in [6, 6.07) is 8.75. The van der Waals surface area contributed by atoms with Crippen molar-refractivity contribution in [2.75, 3.05) is 37.6 Å². The number of fused-ring (bicyclic) bond motifs is 2. The van der Waals surface area contributed by atoms with Crippen molar-refractivity contribution >= 4 is 16.8 Å². The van der Waals surface area contributed by atoms with Gasteiger partial charge < -0.3 is 15.2 Å². The van der Waals surface area contributed by atoms with Gasteiger partial charge in [0.2, 0.25) is 0 Å². The number of para-hydroxylation sites is 1. The number of hydrogen-bond acceptors (Lipinski definition) is 5. The lowest BCUT2D eigenvalue weighted by atomic mass is 9.91. The van der Waals surface area contributed by atoms with Crippen molar-refractivity contribution in [1.29, 1.82) is 0 Å². The number of piperidine rings is 1. The molecule has 2 aliphatic rings. The molecule has 0 amide bonds. The fraction of sp³-hybridized carbons (Fsp3) is 0.562. The van der Waals surface area contributed by atoms with Crippen molar-refractivity contribution in [2.45, 2.75) is 18.9 Å². The van der Waals surface area contributed by atoms with E-state index in [4.69, 9.17) is 10.3 Å². The number of rotatable bonds is 2. The smallest absolute Gasteiger partial charge is 0.180 e. The van der Waals surface area contributed by atoms with Crippen LogP contribution in [0.4, 0.5) is 5.82 Å². The summed E-state index contributed by atoms with van der Waals surface area (Å²) < 4.78 is 5.45. The first-order valence-electron chi connectivity index (χ1n) is 7.88. The molecule has 0 radical (unpaired) electrons. The van der Waals surface area contributed by atoms with Crippen LogP contribution in [-0.2, 0) is 0 Å². The lowest BCUT2D eigenvalue weighted by Gasteiger charge is -2.46. The molecule has 0 spiro atoms. The minimum Gasteiger partial charge on any atom is -0.354 e. The van der Waals surface area contributed by atoms with E-state index >= 15 is 0 Å². The summed E-state index contributed by atoms with van der Waals surface area (Å²) >= 11 is 0. The van der Waals surface area contributed by atoms with Crippen LogP contribution in [0, 0.1) is 5.92 Å². The molecule has 2 fully saturated rings. The predicted molar refractivity (Wildman–Crippen MR) is 83.4 cm³/mol. The van der Waals surface area contributed by atoms with Crippen molar-refractivity contribution in [3.05, 3.63) is 24.3 Å². The second-order valence-electron chi connectivity index (χ2n) is 6.28. The second kappa shape index (κ2) is 5.31. The molecule has 0 unspecified atom stereocenters. The van der Waals surface area contributed by atoms with E-state index in [1.54, 1.807) is 0 Å². The third-order valence-corrected chi connectivity index (χ3v) is 5.00. The standard InChI is InChI=1S/C16H22N4O/c17-9-12-5-6-13-11-20(8-7-19(13)10-12)16-14-3-1-2-4-15(14)21-18-16/h1-4,12-13H,5-11,17H2/t12-,13-/m0/s1. The lowest BCUT2D eigenvalue weighted by molar-refractivity contribution is 0.0981. The normalized spacial score (nSPS) is 27.0. The molecule has 3 heterocycles. The Bertz CT molecular complexity index is 626. The molecule has 1 aromatic heterocycles. The minimum absolute atomic E-state index is 0.636. The Morgan fingerprint density at radius 2 is 2.10 bits per heavy atom. The number of nitrogens with two attached hydrogens (primary N) is 1. The molecule has 2 aliphatic heterocycles. The SMILES string of the molecule is NC[C@@H]1CC[C@H]2CN(c3noc4ccccc34)CCN2C1. The third kappa shape index (κ3) is 2.30. The Kier molecular flexibility index (Phi) is 3.31. The average molecular weight is 286 g/mol. The largest absolute Gasteiger partial charge is 0.354 e. The van der Waals surface area contributed by atoms with Crippen LogP contribution in [-0.4, -0.2) is 48.8 Å². The lowest BCUT2D eigenvalue weighted by Crippen LogP contribution is -2.57. The van der Waals surface area contributed by atoms with Crippen LogP contribution < -0.4 is 10.6 Å². The zero-order chi connectivity index (χ0) is 14.2. The van der Waals surface area contributed by atoms with Gasteiger partial charge in [0, 0.05) is 32.2 Å². The molecule has 4 rings (SSSR count). The highest BCUT2D eigenvalue weighted by Crippen LogP contribution is 2.30. The predicted octanol–water partition coefficient (Wildman–Crippen LogP) is 1.69. The molecule has 2 aromatic rings. The van der Waals surface area contributed by atoms with Gasteiger partial charge in [0.05, 0.1) is 5.39 Å². The van der Waals surface area contributed by atoms with Gasteiger partial charge in [0.1, 0.15) is 0 Å². The number of anilines is 1. The molecule has 5 heteroatoms. The molecular formula is C16H22N4O. The fourth-order valence-electron chi connectivity index (χ4n) is 3.74. The van der Waals surface area contributed by atoms with Gasteiger partial charge in [0.15, 0.2) is 11.4 Å². The summed E-state index contributed by atoms with van der Waals surface area (Å²) in [4.78, 5) is 5.00.